The van der Waals surface area contributed by atoms with Crippen LogP contribution in [-0.2, 0) is 11.2 Å². The average molecular weight is 286 g/mol. The van der Waals surface area contributed by atoms with Gasteiger partial charge in [-0.15, -0.1) is 0 Å². The van der Waals surface area contributed by atoms with Gasteiger partial charge in [-0.3, -0.25) is 0 Å². The van der Waals surface area contributed by atoms with Crippen LogP contribution in [0.25, 0.3) is 0 Å². The summed E-state index contributed by atoms with van der Waals surface area (Å²) in [5.74, 6) is 4.66. The molecule has 0 spiro atoms. The lowest BCUT2D eigenvalue weighted by molar-refractivity contribution is -0.304. The van der Waals surface area contributed by atoms with E-state index in [1.54, 1.807) is 30.5 Å². The molecule has 2 rings (SSSR count). The molecular formula is C15H10ClN2O2-. The molecule has 20 heavy (non-hydrogen) atoms. The third-order valence-corrected chi connectivity index (χ3v) is 2.79. The van der Waals surface area contributed by atoms with Gasteiger partial charge < -0.3 is 9.90 Å². The number of carboxylic acid groups (broad SMARTS) is 1. The molecule has 0 atom stereocenters. The normalized spacial score (nSPS) is 9.70. The largest absolute Gasteiger partial charge is 0.550 e. The van der Waals surface area contributed by atoms with Gasteiger partial charge >= 0.3 is 0 Å². The van der Waals surface area contributed by atoms with Crippen molar-refractivity contribution in [2.24, 2.45) is 0 Å². The summed E-state index contributed by atoms with van der Waals surface area (Å²) in [5.41, 5.74) is 2.57. The first-order chi connectivity index (χ1) is 9.56. The third kappa shape index (κ3) is 3.56. The summed E-state index contributed by atoms with van der Waals surface area (Å²) in [7, 11) is 0. The maximum absolute atomic E-state index is 10.7. The fraction of sp³-hybridized carbons (Fsp3) is 0.133. The molecular weight excluding hydrogens is 276 g/mol. The molecule has 2 aromatic rings. The molecule has 0 unspecified atom stereocenters. The summed E-state index contributed by atoms with van der Waals surface area (Å²) in [6.07, 6.45) is 1.42. The van der Waals surface area contributed by atoms with Crippen LogP contribution in [0, 0.1) is 18.8 Å². The number of carbonyl (C=O) groups excluding carboxylic acids is 1. The average Bonchev–Trinajstić information content (AvgIpc) is 2.41. The first-order valence-corrected chi connectivity index (χ1v) is 6.23. The van der Waals surface area contributed by atoms with Gasteiger partial charge in [0.25, 0.3) is 0 Å². The predicted molar refractivity (Wildman–Crippen MR) is 72.9 cm³/mol. The van der Waals surface area contributed by atoms with Crippen LogP contribution in [0.3, 0.4) is 0 Å². The first kappa shape index (κ1) is 14.0. The highest BCUT2D eigenvalue weighted by atomic mass is 35.5. The number of aryl methyl sites for hydroxylation is 1. The molecule has 1 aromatic carbocycles. The van der Waals surface area contributed by atoms with Crippen LogP contribution < -0.4 is 5.11 Å². The van der Waals surface area contributed by atoms with Crippen LogP contribution >= 0.6 is 11.6 Å². The Morgan fingerprint density at radius 2 is 2.10 bits per heavy atom. The minimum Gasteiger partial charge on any atom is -0.550 e. The quantitative estimate of drug-likeness (QED) is 0.613. The molecule has 0 fully saturated rings. The molecule has 0 aliphatic carbocycles. The minimum atomic E-state index is -1.14. The third-order valence-electron chi connectivity index (χ3n) is 2.61. The predicted octanol–water partition coefficient (Wildman–Crippen LogP) is 1.13. The number of rotatable bonds is 2. The van der Waals surface area contributed by atoms with Crippen molar-refractivity contribution < 1.29 is 9.90 Å². The molecule has 5 heteroatoms. The summed E-state index contributed by atoms with van der Waals surface area (Å²) in [6.45, 7) is 1.83. The number of carbonyl (C=O) groups is 1. The van der Waals surface area contributed by atoms with E-state index >= 15 is 0 Å². The van der Waals surface area contributed by atoms with Crippen molar-refractivity contribution in [1.82, 2.24) is 9.97 Å². The Morgan fingerprint density at radius 1 is 1.35 bits per heavy atom. The zero-order valence-electron chi connectivity index (χ0n) is 10.7. The second-order valence-corrected chi connectivity index (χ2v) is 4.46. The number of halogens is 1. The van der Waals surface area contributed by atoms with Crippen LogP contribution in [0.2, 0.25) is 5.28 Å². The van der Waals surface area contributed by atoms with Gasteiger partial charge in [-0.25, -0.2) is 9.97 Å². The molecule has 0 saturated carbocycles. The lowest BCUT2D eigenvalue weighted by atomic mass is 10.0. The highest BCUT2D eigenvalue weighted by molar-refractivity contribution is 6.28. The van der Waals surface area contributed by atoms with Crippen molar-refractivity contribution in [3.63, 3.8) is 0 Å². The van der Waals surface area contributed by atoms with E-state index in [2.05, 4.69) is 21.8 Å². The first-order valence-electron chi connectivity index (χ1n) is 5.85. The van der Waals surface area contributed by atoms with Gasteiger partial charge in [0.1, 0.15) is 5.69 Å². The van der Waals surface area contributed by atoms with Crippen LogP contribution in [0.15, 0.2) is 30.5 Å². The molecule has 0 saturated heterocycles. The number of nitrogens with zero attached hydrogens (tertiary/aromatic N) is 2. The lowest BCUT2D eigenvalue weighted by Gasteiger charge is -2.04. The van der Waals surface area contributed by atoms with Gasteiger partial charge in [0.05, 0.1) is 0 Å². The van der Waals surface area contributed by atoms with Crippen LogP contribution in [0.4, 0.5) is 0 Å². The molecule has 1 aromatic heterocycles. The standard InChI is InChI=1S/C15H11ClN2O2/c1-10-9-17-15(16)18-13(10)7-6-11-4-2-3-5-12(11)8-14(19)20/h2-5,9H,8H2,1H3,(H,19,20)/p-1. The van der Waals surface area contributed by atoms with Crippen LogP contribution in [0.1, 0.15) is 22.4 Å². The Hall–Kier alpha value is -2.38. The van der Waals surface area contributed by atoms with Gasteiger partial charge in [-0.1, -0.05) is 24.1 Å². The molecule has 0 amide bonds. The van der Waals surface area contributed by atoms with Crippen molar-refractivity contribution in [2.45, 2.75) is 13.3 Å². The summed E-state index contributed by atoms with van der Waals surface area (Å²) in [6, 6.07) is 7.02. The van der Waals surface area contributed by atoms with Gasteiger partial charge in [-0.2, -0.15) is 0 Å². The summed E-state index contributed by atoms with van der Waals surface area (Å²) in [4.78, 5) is 18.6. The maximum Gasteiger partial charge on any atom is 0.223 e. The maximum atomic E-state index is 10.7. The number of carboxylic acids is 1. The van der Waals surface area contributed by atoms with E-state index < -0.39 is 5.97 Å². The number of benzene rings is 1. The van der Waals surface area contributed by atoms with E-state index in [-0.39, 0.29) is 11.7 Å². The van der Waals surface area contributed by atoms with E-state index in [1.165, 1.54) is 0 Å². The molecule has 0 N–H and O–H groups in total. The molecule has 4 nitrogen and oxygen atoms in total. The smallest absolute Gasteiger partial charge is 0.223 e. The van der Waals surface area contributed by atoms with Crippen molar-refractivity contribution >= 4 is 17.6 Å². The summed E-state index contributed by atoms with van der Waals surface area (Å²) in [5, 5.41) is 10.8. The summed E-state index contributed by atoms with van der Waals surface area (Å²) < 4.78 is 0. The van der Waals surface area contributed by atoms with Crippen molar-refractivity contribution in [3.8, 4) is 11.8 Å². The second kappa shape index (κ2) is 6.18. The monoisotopic (exact) mass is 285 g/mol. The zero-order chi connectivity index (χ0) is 14.5. The SMILES string of the molecule is Cc1cnc(Cl)nc1C#Cc1ccccc1CC(=O)[O-]. The molecule has 100 valence electrons. The van der Waals surface area contributed by atoms with Gasteiger partial charge in [0, 0.05) is 29.7 Å². The Balaban J connectivity index is 2.38. The fourth-order valence-electron chi connectivity index (χ4n) is 1.63. The topological polar surface area (TPSA) is 65.9 Å². The van der Waals surface area contributed by atoms with Crippen molar-refractivity contribution in [1.29, 1.82) is 0 Å². The number of aliphatic carboxylic acids is 1. The van der Waals surface area contributed by atoms with E-state index in [1.807, 2.05) is 6.92 Å². The van der Waals surface area contributed by atoms with Crippen LogP contribution in [-0.4, -0.2) is 15.9 Å². The number of hydrogen-bond acceptors (Lipinski definition) is 4. The Morgan fingerprint density at radius 3 is 2.85 bits per heavy atom. The Bertz CT molecular complexity index is 717. The van der Waals surface area contributed by atoms with Gasteiger partial charge in [-0.05, 0) is 36.1 Å². The zero-order valence-corrected chi connectivity index (χ0v) is 11.4. The number of aromatic nitrogens is 2. The molecule has 0 aliphatic heterocycles. The highest BCUT2D eigenvalue weighted by Gasteiger charge is 2.01. The highest BCUT2D eigenvalue weighted by Crippen LogP contribution is 2.10. The molecule has 1 heterocycles. The van der Waals surface area contributed by atoms with Gasteiger partial charge in [0.2, 0.25) is 5.28 Å². The van der Waals surface area contributed by atoms with Gasteiger partial charge in [0.15, 0.2) is 0 Å². The molecule has 0 radical (unpaired) electrons. The summed E-state index contributed by atoms with van der Waals surface area (Å²) >= 11 is 5.72. The minimum absolute atomic E-state index is 0.128. The van der Waals surface area contributed by atoms with Crippen molar-refractivity contribution in [3.05, 3.63) is 58.1 Å². The fourth-order valence-corrected chi connectivity index (χ4v) is 1.76. The van der Waals surface area contributed by atoms with E-state index in [9.17, 15) is 9.90 Å². The van der Waals surface area contributed by atoms with Crippen molar-refractivity contribution in [2.75, 3.05) is 0 Å². The van der Waals surface area contributed by atoms with Crippen LogP contribution in [0.5, 0.6) is 0 Å². The Labute approximate surface area is 121 Å². The molecule has 0 aliphatic rings. The van der Waals surface area contributed by atoms with E-state index in [4.69, 9.17) is 11.6 Å². The second-order valence-electron chi connectivity index (χ2n) is 4.13. The van der Waals surface area contributed by atoms with E-state index in [0.29, 0.717) is 16.8 Å². The number of hydrogen-bond donors (Lipinski definition) is 0. The molecule has 0 bridgehead atoms. The van der Waals surface area contributed by atoms with E-state index in [0.717, 1.165) is 5.56 Å². The lowest BCUT2D eigenvalue weighted by Crippen LogP contribution is -2.24. The Kier molecular flexibility index (Phi) is 4.34.